The molecule has 124 valence electrons. The average molecular weight is 339 g/mol. The molecule has 1 fully saturated rings. The highest BCUT2D eigenvalue weighted by Gasteiger charge is 2.24. The lowest BCUT2D eigenvalue weighted by molar-refractivity contribution is 0.0730. The van der Waals surface area contributed by atoms with Gasteiger partial charge in [0.05, 0.1) is 19.0 Å². The molecule has 10 heteroatoms. The summed E-state index contributed by atoms with van der Waals surface area (Å²) in [7, 11) is -3.39. The second-order valence-corrected chi connectivity index (χ2v) is 7.11. The standard InChI is InChI=1S/C13H17N5O4S/c19-13(11-2-1-3-12-15-10-16-18(11)12)14-4-9-23(20,21)17-5-7-22-8-6-17/h1-3,10H,4-9H2,(H,14,19). The molecule has 1 aliphatic heterocycles. The van der Waals surface area contributed by atoms with Gasteiger partial charge in [0.1, 0.15) is 12.0 Å². The van der Waals surface area contributed by atoms with E-state index in [9.17, 15) is 13.2 Å². The van der Waals surface area contributed by atoms with Crippen molar-refractivity contribution in [3.63, 3.8) is 0 Å². The van der Waals surface area contributed by atoms with Gasteiger partial charge in [0.2, 0.25) is 10.0 Å². The molecule has 23 heavy (non-hydrogen) atoms. The first-order valence-electron chi connectivity index (χ1n) is 7.20. The van der Waals surface area contributed by atoms with Crippen LogP contribution in [0.15, 0.2) is 24.5 Å². The minimum Gasteiger partial charge on any atom is -0.379 e. The number of carbonyl (C=O) groups excluding carboxylic acids is 1. The monoisotopic (exact) mass is 339 g/mol. The van der Waals surface area contributed by atoms with Gasteiger partial charge in [-0.1, -0.05) is 6.07 Å². The van der Waals surface area contributed by atoms with Crippen LogP contribution in [-0.2, 0) is 14.8 Å². The Kier molecular flexibility index (Phi) is 4.55. The number of carbonyl (C=O) groups is 1. The zero-order valence-electron chi connectivity index (χ0n) is 12.4. The van der Waals surface area contributed by atoms with Crippen LogP contribution >= 0.6 is 0 Å². The zero-order chi connectivity index (χ0) is 16.3. The van der Waals surface area contributed by atoms with E-state index in [-0.39, 0.29) is 12.3 Å². The van der Waals surface area contributed by atoms with Crippen molar-refractivity contribution in [2.45, 2.75) is 0 Å². The fourth-order valence-electron chi connectivity index (χ4n) is 2.36. The molecule has 2 aromatic heterocycles. The van der Waals surface area contributed by atoms with Crippen LogP contribution in [0.4, 0.5) is 0 Å². The number of fused-ring (bicyclic) bond motifs is 1. The third kappa shape index (κ3) is 3.49. The molecule has 3 heterocycles. The number of hydrogen-bond donors (Lipinski definition) is 1. The average Bonchev–Trinajstić information content (AvgIpc) is 3.04. The number of morpholine rings is 1. The highest BCUT2D eigenvalue weighted by molar-refractivity contribution is 7.89. The second-order valence-electron chi connectivity index (χ2n) is 5.02. The maximum absolute atomic E-state index is 12.2. The number of sulfonamides is 1. The van der Waals surface area contributed by atoms with Crippen LogP contribution in [0.25, 0.3) is 5.65 Å². The summed E-state index contributed by atoms with van der Waals surface area (Å²) < 4.78 is 32.3. The molecule has 0 atom stereocenters. The molecule has 0 aliphatic carbocycles. The number of amides is 1. The van der Waals surface area contributed by atoms with Crippen molar-refractivity contribution in [2.24, 2.45) is 0 Å². The van der Waals surface area contributed by atoms with E-state index in [1.807, 2.05) is 0 Å². The van der Waals surface area contributed by atoms with Crippen molar-refractivity contribution in [1.82, 2.24) is 24.2 Å². The molecule has 9 nitrogen and oxygen atoms in total. The first kappa shape index (κ1) is 15.8. The Hall–Kier alpha value is -2.04. The largest absolute Gasteiger partial charge is 0.379 e. The van der Waals surface area contributed by atoms with E-state index in [2.05, 4.69) is 15.4 Å². The lowest BCUT2D eigenvalue weighted by atomic mass is 10.3. The molecule has 1 aliphatic rings. The molecule has 0 radical (unpaired) electrons. The van der Waals surface area contributed by atoms with E-state index in [1.54, 1.807) is 18.2 Å². The van der Waals surface area contributed by atoms with Gasteiger partial charge < -0.3 is 10.1 Å². The fraction of sp³-hybridized carbons (Fsp3) is 0.462. The first-order valence-corrected chi connectivity index (χ1v) is 8.81. The van der Waals surface area contributed by atoms with E-state index >= 15 is 0 Å². The molecule has 0 unspecified atom stereocenters. The van der Waals surface area contributed by atoms with Crippen LogP contribution in [-0.4, -0.2) is 71.8 Å². The van der Waals surface area contributed by atoms with Crippen LogP contribution in [0.1, 0.15) is 10.5 Å². The van der Waals surface area contributed by atoms with Crippen LogP contribution in [0, 0.1) is 0 Å². The van der Waals surface area contributed by atoms with Gasteiger partial charge >= 0.3 is 0 Å². The number of aromatic nitrogens is 3. The smallest absolute Gasteiger partial charge is 0.270 e. The Morgan fingerprint density at radius 1 is 1.30 bits per heavy atom. The number of nitrogens with one attached hydrogen (secondary N) is 1. The number of pyridine rings is 1. The van der Waals surface area contributed by atoms with Crippen LogP contribution in [0.3, 0.4) is 0 Å². The molecular weight excluding hydrogens is 322 g/mol. The van der Waals surface area contributed by atoms with Crippen LogP contribution < -0.4 is 5.32 Å². The van der Waals surface area contributed by atoms with Crippen molar-refractivity contribution >= 4 is 21.6 Å². The van der Waals surface area contributed by atoms with Crippen molar-refractivity contribution in [1.29, 1.82) is 0 Å². The van der Waals surface area contributed by atoms with Crippen LogP contribution in [0.5, 0.6) is 0 Å². The van der Waals surface area contributed by atoms with E-state index in [0.717, 1.165) is 0 Å². The molecule has 1 amide bonds. The Morgan fingerprint density at radius 3 is 2.87 bits per heavy atom. The van der Waals surface area contributed by atoms with Gasteiger partial charge in [0.15, 0.2) is 5.65 Å². The van der Waals surface area contributed by atoms with Crippen molar-refractivity contribution in [2.75, 3.05) is 38.6 Å². The summed E-state index contributed by atoms with van der Waals surface area (Å²) in [5.41, 5.74) is 0.863. The molecular formula is C13H17N5O4S. The minimum atomic E-state index is -3.39. The topological polar surface area (TPSA) is 106 Å². The second kappa shape index (κ2) is 6.60. The van der Waals surface area contributed by atoms with E-state index in [1.165, 1.54) is 15.1 Å². The lowest BCUT2D eigenvalue weighted by Crippen LogP contribution is -2.43. The number of rotatable bonds is 5. The summed E-state index contributed by atoms with van der Waals surface area (Å²) in [5, 5.41) is 6.59. The molecule has 2 aromatic rings. The fourth-order valence-corrected chi connectivity index (χ4v) is 3.68. The Balaban J connectivity index is 1.60. The van der Waals surface area contributed by atoms with Crippen molar-refractivity contribution in [3.8, 4) is 0 Å². The number of nitrogens with zero attached hydrogens (tertiary/aromatic N) is 4. The maximum Gasteiger partial charge on any atom is 0.270 e. The lowest BCUT2D eigenvalue weighted by Gasteiger charge is -2.26. The quantitative estimate of drug-likeness (QED) is 0.758. The molecule has 1 saturated heterocycles. The predicted octanol–water partition coefficient (Wildman–Crippen LogP) is -0.879. The first-order chi connectivity index (χ1) is 11.1. The normalized spacial score (nSPS) is 16.5. The maximum atomic E-state index is 12.2. The van der Waals surface area contributed by atoms with Gasteiger partial charge in [-0.2, -0.15) is 9.40 Å². The summed E-state index contributed by atoms with van der Waals surface area (Å²) in [6, 6.07) is 5.03. The molecule has 3 rings (SSSR count). The van der Waals surface area contributed by atoms with E-state index in [4.69, 9.17) is 4.74 Å². The molecule has 0 aromatic carbocycles. The Morgan fingerprint density at radius 2 is 2.09 bits per heavy atom. The molecule has 0 bridgehead atoms. The summed E-state index contributed by atoms with van der Waals surface area (Å²) in [6.45, 7) is 1.55. The summed E-state index contributed by atoms with van der Waals surface area (Å²) in [6.07, 6.45) is 1.36. The summed E-state index contributed by atoms with van der Waals surface area (Å²) >= 11 is 0. The van der Waals surface area contributed by atoms with E-state index in [0.29, 0.717) is 37.6 Å². The van der Waals surface area contributed by atoms with Gasteiger partial charge in [-0.05, 0) is 12.1 Å². The SMILES string of the molecule is O=C(NCCS(=O)(=O)N1CCOCC1)c1cccc2ncnn12. The number of hydrogen-bond acceptors (Lipinski definition) is 6. The van der Waals surface area contributed by atoms with Gasteiger partial charge in [-0.25, -0.2) is 17.9 Å². The van der Waals surface area contributed by atoms with Gasteiger partial charge in [-0.3, -0.25) is 4.79 Å². The minimum absolute atomic E-state index is 0.0314. The molecule has 0 spiro atoms. The molecule has 1 N–H and O–H groups in total. The zero-order valence-corrected chi connectivity index (χ0v) is 13.2. The van der Waals surface area contributed by atoms with Crippen molar-refractivity contribution in [3.05, 3.63) is 30.2 Å². The highest BCUT2D eigenvalue weighted by Crippen LogP contribution is 2.06. The molecule has 0 saturated carbocycles. The summed E-state index contributed by atoms with van der Waals surface area (Å²) in [4.78, 5) is 16.2. The Bertz CT molecular complexity index is 798. The van der Waals surface area contributed by atoms with Gasteiger partial charge in [0, 0.05) is 19.6 Å². The third-order valence-corrected chi connectivity index (χ3v) is 5.42. The Labute approximate surface area is 133 Å². The van der Waals surface area contributed by atoms with Crippen molar-refractivity contribution < 1.29 is 17.9 Å². The predicted molar refractivity (Wildman–Crippen MR) is 81.5 cm³/mol. The van der Waals surface area contributed by atoms with Gasteiger partial charge in [-0.15, -0.1) is 0 Å². The highest BCUT2D eigenvalue weighted by atomic mass is 32.2. The third-order valence-electron chi connectivity index (χ3n) is 3.54. The number of ether oxygens (including phenoxy) is 1. The van der Waals surface area contributed by atoms with Gasteiger partial charge in [0.25, 0.3) is 5.91 Å². The van der Waals surface area contributed by atoms with Crippen LogP contribution in [0.2, 0.25) is 0 Å². The van der Waals surface area contributed by atoms with E-state index < -0.39 is 15.9 Å². The summed E-state index contributed by atoms with van der Waals surface area (Å²) in [5.74, 6) is -0.537.